The minimum absolute atomic E-state index is 0.0267. The molecule has 1 unspecified atom stereocenters. The number of benzene rings is 2. The number of ether oxygens (including phenoxy) is 1. The quantitative estimate of drug-likeness (QED) is 0.267. The molecule has 1 aromatic heterocycles. The lowest BCUT2D eigenvalue weighted by atomic mass is 10.0. The molecule has 1 aliphatic rings. The summed E-state index contributed by atoms with van der Waals surface area (Å²) in [5.74, 6) is -1.86. The van der Waals surface area contributed by atoms with Crippen molar-refractivity contribution in [1.82, 2.24) is 20.0 Å². The maximum Gasteiger partial charge on any atom is 0.323 e. The van der Waals surface area contributed by atoms with Gasteiger partial charge in [0.2, 0.25) is 16.0 Å². The van der Waals surface area contributed by atoms with Gasteiger partial charge in [-0.15, -0.1) is 0 Å². The summed E-state index contributed by atoms with van der Waals surface area (Å²) in [6.07, 6.45) is 4.78. The van der Waals surface area contributed by atoms with E-state index in [4.69, 9.17) is 4.74 Å². The van der Waals surface area contributed by atoms with Crippen LogP contribution in [0.4, 0.5) is 16.0 Å². The maximum atomic E-state index is 15.0. The molecule has 1 aliphatic heterocycles. The van der Waals surface area contributed by atoms with Crippen molar-refractivity contribution in [1.29, 1.82) is 0 Å². The molecule has 212 valence electrons. The Morgan fingerprint density at radius 3 is 2.40 bits per heavy atom. The second-order valence-corrected chi connectivity index (χ2v) is 10.8. The van der Waals surface area contributed by atoms with E-state index in [1.54, 1.807) is 18.5 Å². The molecule has 0 bridgehead atoms. The van der Waals surface area contributed by atoms with E-state index in [-0.39, 0.29) is 16.5 Å². The van der Waals surface area contributed by atoms with Crippen LogP contribution in [0.1, 0.15) is 23.2 Å². The number of nitrogens with one attached hydrogen (secondary N) is 3. The number of amides is 1. The number of aliphatic carboxylic acids is 1. The number of sulfonamides is 1. The summed E-state index contributed by atoms with van der Waals surface area (Å²) in [6, 6.07) is 9.60. The third-order valence-electron chi connectivity index (χ3n) is 6.38. The number of piperidine rings is 1. The standard InChI is InChI=1S/C26H29FN6O6S/c1-39-19-4-6-20(7-5-19)40(37,38)32-22(25(35)36)16-30-24(34)17-3-8-23(21(27)15-17)33-13-9-18(10-14-33)31-26-28-11-2-12-29-26/h2-8,11-12,15,18,22,32H,9-10,13-14,16H2,1H3,(H,30,34)(H,35,36)(H,28,29,31). The van der Waals surface area contributed by atoms with E-state index in [0.717, 1.165) is 18.9 Å². The molecule has 2 aromatic carbocycles. The van der Waals surface area contributed by atoms with Crippen molar-refractivity contribution in [2.45, 2.75) is 29.8 Å². The van der Waals surface area contributed by atoms with Crippen molar-refractivity contribution in [3.05, 3.63) is 72.3 Å². The molecule has 4 rings (SSSR count). The van der Waals surface area contributed by atoms with Crippen molar-refractivity contribution in [2.75, 3.05) is 37.0 Å². The molecule has 3 aromatic rings. The zero-order chi connectivity index (χ0) is 28.7. The van der Waals surface area contributed by atoms with Gasteiger partial charge in [0, 0.05) is 43.6 Å². The van der Waals surface area contributed by atoms with E-state index in [1.807, 2.05) is 4.90 Å². The van der Waals surface area contributed by atoms with E-state index in [0.29, 0.717) is 30.5 Å². The Balaban J connectivity index is 1.33. The summed E-state index contributed by atoms with van der Waals surface area (Å²) in [7, 11) is -2.78. The van der Waals surface area contributed by atoms with Gasteiger partial charge < -0.3 is 25.4 Å². The topological polar surface area (TPSA) is 163 Å². The van der Waals surface area contributed by atoms with Crippen molar-refractivity contribution in [3.8, 4) is 5.75 Å². The van der Waals surface area contributed by atoms with Crippen molar-refractivity contribution >= 4 is 33.5 Å². The molecule has 2 heterocycles. The Morgan fingerprint density at radius 1 is 1.12 bits per heavy atom. The van der Waals surface area contributed by atoms with Crippen LogP contribution < -0.4 is 25.0 Å². The Bertz CT molecular complexity index is 1430. The van der Waals surface area contributed by atoms with E-state index in [9.17, 15) is 27.5 Å². The molecule has 0 spiro atoms. The van der Waals surface area contributed by atoms with Crippen LogP contribution in [-0.4, -0.2) is 74.2 Å². The van der Waals surface area contributed by atoms with Crippen LogP contribution in [0.2, 0.25) is 0 Å². The first kappa shape index (κ1) is 28.7. The Kier molecular flexibility index (Phi) is 9.11. The van der Waals surface area contributed by atoms with Crippen LogP contribution >= 0.6 is 0 Å². The van der Waals surface area contributed by atoms with Crippen LogP contribution in [0.15, 0.2) is 65.8 Å². The van der Waals surface area contributed by atoms with Crippen LogP contribution in [0.25, 0.3) is 0 Å². The van der Waals surface area contributed by atoms with E-state index >= 15 is 0 Å². The summed E-state index contributed by atoms with van der Waals surface area (Å²) < 4.78 is 47.3. The molecule has 1 fully saturated rings. The Labute approximate surface area is 230 Å². The van der Waals surface area contributed by atoms with Crippen LogP contribution in [0.5, 0.6) is 5.75 Å². The lowest BCUT2D eigenvalue weighted by Crippen LogP contribution is -2.48. The molecule has 0 radical (unpaired) electrons. The fourth-order valence-electron chi connectivity index (χ4n) is 4.21. The van der Waals surface area contributed by atoms with Gasteiger partial charge in [-0.25, -0.2) is 22.8 Å². The Hall–Kier alpha value is -4.30. The predicted molar refractivity (Wildman–Crippen MR) is 144 cm³/mol. The molecule has 40 heavy (non-hydrogen) atoms. The molecule has 0 aliphatic carbocycles. The number of halogens is 1. The molecular weight excluding hydrogens is 543 g/mol. The summed E-state index contributed by atoms with van der Waals surface area (Å²) in [5.41, 5.74) is 0.322. The van der Waals surface area contributed by atoms with Crippen molar-refractivity contribution in [2.24, 2.45) is 0 Å². The van der Waals surface area contributed by atoms with Gasteiger partial charge in [0.05, 0.1) is 17.7 Å². The normalized spacial score (nSPS) is 14.8. The number of hydrogen-bond donors (Lipinski definition) is 4. The highest BCUT2D eigenvalue weighted by molar-refractivity contribution is 7.89. The minimum Gasteiger partial charge on any atom is -0.497 e. The highest BCUT2D eigenvalue weighted by Crippen LogP contribution is 2.25. The van der Waals surface area contributed by atoms with Crippen LogP contribution in [-0.2, 0) is 14.8 Å². The van der Waals surface area contributed by atoms with Crippen molar-refractivity contribution in [3.63, 3.8) is 0 Å². The molecule has 0 saturated carbocycles. The fourth-order valence-corrected chi connectivity index (χ4v) is 5.40. The Morgan fingerprint density at radius 2 is 1.80 bits per heavy atom. The van der Waals surface area contributed by atoms with Crippen LogP contribution in [0, 0.1) is 5.82 Å². The van der Waals surface area contributed by atoms with Gasteiger partial charge in [-0.05, 0) is 61.4 Å². The highest BCUT2D eigenvalue weighted by Gasteiger charge is 2.27. The average molecular weight is 573 g/mol. The lowest BCUT2D eigenvalue weighted by Gasteiger charge is -2.34. The smallest absolute Gasteiger partial charge is 0.323 e. The maximum absolute atomic E-state index is 15.0. The number of aromatic nitrogens is 2. The number of anilines is 2. The van der Waals surface area contributed by atoms with Gasteiger partial charge in [-0.1, -0.05) is 0 Å². The second kappa shape index (κ2) is 12.7. The van der Waals surface area contributed by atoms with E-state index in [2.05, 4.69) is 25.3 Å². The second-order valence-electron chi connectivity index (χ2n) is 9.04. The van der Waals surface area contributed by atoms with Gasteiger partial charge in [0.15, 0.2) is 0 Å². The third kappa shape index (κ3) is 7.21. The van der Waals surface area contributed by atoms with Gasteiger partial charge >= 0.3 is 5.97 Å². The fraction of sp³-hybridized carbons (Fsp3) is 0.308. The number of methoxy groups -OCH3 is 1. The van der Waals surface area contributed by atoms with E-state index < -0.39 is 40.3 Å². The van der Waals surface area contributed by atoms with Gasteiger partial charge in [0.1, 0.15) is 17.6 Å². The number of rotatable bonds is 11. The molecule has 1 atom stereocenters. The third-order valence-corrected chi connectivity index (χ3v) is 7.86. The number of carbonyl (C=O) groups is 2. The first-order valence-electron chi connectivity index (χ1n) is 12.4. The first-order chi connectivity index (χ1) is 19.2. The number of nitrogens with zero attached hydrogens (tertiary/aromatic N) is 3. The van der Waals surface area contributed by atoms with Crippen LogP contribution in [0.3, 0.4) is 0 Å². The largest absolute Gasteiger partial charge is 0.497 e. The summed E-state index contributed by atoms with van der Waals surface area (Å²) >= 11 is 0. The van der Waals surface area contributed by atoms with Gasteiger partial charge in [-0.2, -0.15) is 4.72 Å². The minimum atomic E-state index is -4.20. The summed E-state index contributed by atoms with van der Waals surface area (Å²) in [4.78, 5) is 34.4. The van der Waals surface area contributed by atoms with Gasteiger partial charge in [-0.3, -0.25) is 9.59 Å². The number of hydrogen-bond acceptors (Lipinski definition) is 9. The number of carboxylic acids is 1. The molecule has 4 N–H and O–H groups in total. The zero-order valence-corrected chi connectivity index (χ0v) is 22.4. The summed E-state index contributed by atoms with van der Waals surface area (Å²) in [5, 5.41) is 15.1. The number of carboxylic acid groups (broad SMARTS) is 1. The molecular formula is C26H29FN6O6S. The van der Waals surface area contributed by atoms with Crippen molar-refractivity contribution < 1.29 is 32.2 Å². The average Bonchev–Trinajstić information content (AvgIpc) is 2.96. The zero-order valence-electron chi connectivity index (χ0n) is 21.6. The summed E-state index contributed by atoms with van der Waals surface area (Å²) in [6.45, 7) is 0.613. The SMILES string of the molecule is COc1ccc(S(=O)(=O)NC(CNC(=O)c2ccc(N3CCC(Nc4ncccn4)CC3)c(F)c2)C(=O)O)cc1. The predicted octanol–water partition coefficient (Wildman–Crippen LogP) is 1.87. The van der Waals surface area contributed by atoms with E-state index in [1.165, 1.54) is 43.5 Å². The molecule has 12 nitrogen and oxygen atoms in total. The monoisotopic (exact) mass is 572 g/mol. The molecule has 1 amide bonds. The molecule has 14 heteroatoms. The number of carbonyl (C=O) groups excluding carboxylic acids is 1. The van der Waals surface area contributed by atoms with Gasteiger partial charge in [0.25, 0.3) is 5.91 Å². The lowest BCUT2D eigenvalue weighted by molar-refractivity contribution is -0.138. The first-order valence-corrected chi connectivity index (χ1v) is 13.9. The molecule has 1 saturated heterocycles. The highest BCUT2D eigenvalue weighted by atomic mass is 32.2.